The number of nitro groups is 1. The van der Waals surface area contributed by atoms with Crippen molar-refractivity contribution in [1.29, 1.82) is 0 Å². The molecule has 0 aliphatic heterocycles. The summed E-state index contributed by atoms with van der Waals surface area (Å²) in [5.74, 6) is -2.95. The number of halogens is 1. The average Bonchev–Trinajstić information content (AvgIpc) is 2.69. The quantitative estimate of drug-likeness (QED) is 0.372. The fraction of sp³-hybridized carbons (Fsp3) is 0.222. The van der Waals surface area contributed by atoms with Gasteiger partial charge in [0.05, 0.1) is 17.6 Å². The van der Waals surface area contributed by atoms with Gasteiger partial charge in [-0.05, 0) is 24.3 Å². The van der Waals surface area contributed by atoms with Crippen molar-refractivity contribution in [3.63, 3.8) is 0 Å². The molecule has 2 amide bonds. The van der Waals surface area contributed by atoms with Crippen LogP contribution in [0.1, 0.15) is 16.8 Å². The highest BCUT2D eigenvalue weighted by Crippen LogP contribution is 2.17. The van der Waals surface area contributed by atoms with Crippen LogP contribution < -0.4 is 16.2 Å². The van der Waals surface area contributed by atoms with E-state index in [-0.39, 0.29) is 24.2 Å². The summed E-state index contributed by atoms with van der Waals surface area (Å²) in [7, 11) is 1.05. The Bertz CT molecular complexity index is 1050. The zero-order chi connectivity index (χ0) is 22.4. The Morgan fingerprint density at radius 1 is 1.27 bits per heavy atom. The van der Waals surface area contributed by atoms with Crippen molar-refractivity contribution in [2.45, 2.75) is 13.0 Å². The first-order chi connectivity index (χ1) is 14.1. The minimum Gasteiger partial charge on any atom is -0.465 e. The summed E-state index contributed by atoms with van der Waals surface area (Å²) in [4.78, 5) is 59.3. The first-order valence-electron chi connectivity index (χ1n) is 8.45. The second-order valence-electron chi connectivity index (χ2n) is 6.03. The lowest BCUT2D eigenvalue weighted by Gasteiger charge is -2.23. The van der Waals surface area contributed by atoms with Crippen LogP contribution in [-0.4, -0.2) is 40.9 Å². The van der Waals surface area contributed by atoms with Crippen molar-refractivity contribution in [3.05, 3.63) is 68.4 Å². The number of rotatable bonds is 8. The minimum atomic E-state index is -1.12. The summed E-state index contributed by atoms with van der Waals surface area (Å²) in [6, 6.07) is 5.50. The normalized spacial score (nSPS) is 10.3. The number of methoxy groups -OCH3 is 1. The van der Waals surface area contributed by atoms with Crippen molar-refractivity contribution >= 4 is 29.2 Å². The van der Waals surface area contributed by atoms with Gasteiger partial charge in [0, 0.05) is 30.9 Å². The number of anilines is 1. The van der Waals surface area contributed by atoms with E-state index in [2.05, 4.69) is 4.74 Å². The Hall–Kier alpha value is -4.09. The lowest BCUT2D eigenvalue weighted by Crippen LogP contribution is -2.39. The maximum absolute atomic E-state index is 13.2. The van der Waals surface area contributed by atoms with Crippen LogP contribution in [0.15, 0.2) is 41.3 Å². The molecule has 0 atom stereocenters. The number of nitrogens with zero attached hydrogens (tertiary/aromatic N) is 3. The van der Waals surface area contributed by atoms with E-state index in [1.165, 1.54) is 12.1 Å². The molecule has 0 saturated carbocycles. The number of primary amides is 1. The van der Waals surface area contributed by atoms with E-state index in [9.17, 15) is 33.7 Å². The highest BCUT2D eigenvalue weighted by Gasteiger charge is 2.23. The molecule has 158 valence electrons. The molecule has 30 heavy (non-hydrogen) atoms. The van der Waals surface area contributed by atoms with Crippen molar-refractivity contribution in [1.82, 2.24) is 4.57 Å². The van der Waals surface area contributed by atoms with E-state index in [4.69, 9.17) is 5.73 Å². The molecule has 1 aromatic carbocycles. The number of hydrogen-bond acceptors (Lipinski definition) is 7. The molecular formula is C18H17FN4O7. The van der Waals surface area contributed by atoms with Crippen molar-refractivity contribution in [2.24, 2.45) is 5.73 Å². The van der Waals surface area contributed by atoms with E-state index < -0.39 is 46.3 Å². The van der Waals surface area contributed by atoms with Crippen LogP contribution >= 0.6 is 0 Å². The molecule has 2 N–H and O–H groups in total. The summed E-state index contributed by atoms with van der Waals surface area (Å²) >= 11 is 0. The smallest absolute Gasteiger partial charge is 0.339 e. The molecule has 0 aliphatic rings. The third-order valence-corrected chi connectivity index (χ3v) is 4.01. The maximum atomic E-state index is 13.2. The van der Waals surface area contributed by atoms with Gasteiger partial charge in [0.15, 0.2) is 0 Å². The summed E-state index contributed by atoms with van der Waals surface area (Å²) < 4.78 is 18.4. The Morgan fingerprint density at radius 2 is 1.90 bits per heavy atom. The van der Waals surface area contributed by atoms with Gasteiger partial charge in [0.1, 0.15) is 12.4 Å². The molecule has 12 heteroatoms. The highest BCUT2D eigenvalue weighted by molar-refractivity contribution is 5.94. The van der Waals surface area contributed by atoms with Gasteiger partial charge >= 0.3 is 17.2 Å². The lowest BCUT2D eigenvalue weighted by atomic mass is 10.2. The first kappa shape index (κ1) is 22.2. The number of benzene rings is 1. The molecule has 0 radical (unpaired) electrons. The fourth-order valence-corrected chi connectivity index (χ4v) is 2.57. The highest BCUT2D eigenvalue weighted by atomic mass is 19.1. The summed E-state index contributed by atoms with van der Waals surface area (Å²) in [5.41, 5.74) is 3.00. The number of ether oxygens (including phenoxy) is 1. The number of nitrogens with two attached hydrogens (primary N) is 1. The van der Waals surface area contributed by atoms with Crippen LogP contribution in [0, 0.1) is 15.9 Å². The fourth-order valence-electron chi connectivity index (χ4n) is 2.57. The number of carbonyl (C=O) groups excluding carboxylic acids is 3. The van der Waals surface area contributed by atoms with E-state index in [1.54, 1.807) is 0 Å². The van der Waals surface area contributed by atoms with E-state index in [0.29, 0.717) is 4.57 Å². The minimum absolute atomic E-state index is 0.173. The Morgan fingerprint density at radius 3 is 2.43 bits per heavy atom. The van der Waals surface area contributed by atoms with E-state index >= 15 is 0 Å². The molecule has 0 aliphatic carbocycles. The van der Waals surface area contributed by atoms with Gasteiger partial charge in [-0.15, -0.1) is 0 Å². The van der Waals surface area contributed by atoms with Crippen LogP contribution in [0.25, 0.3) is 0 Å². The first-order valence-corrected chi connectivity index (χ1v) is 8.45. The molecule has 2 rings (SSSR count). The van der Waals surface area contributed by atoms with Crippen molar-refractivity contribution in [3.8, 4) is 0 Å². The van der Waals surface area contributed by atoms with Crippen LogP contribution in [-0.2, 0) is 20.9 Å². The SMILES string of the molecule is COC(=O)c1cc([N+](=O)[O-])c(=O)n(CC(=O)N(CCC(N)=O)c2ccc(F)cc2)c1. The average molecular weight is 420 g/mol. The number of esters is 1. The van der Waals surface area contributed by atoms with Crippen molar-refractivity contribution in [2.75, 3.05) is 18.6 Å². The summed E-state index contributed by atoms with van der Waals surface area (Å²) in [6.45, 7) is -0.867. The van der Waals surface area contributed by atoms with Crippen molar-refractivity contribution < 1.29 is 28.4 Å². The molecule has 1 aromatic heterocycles. The molecule has 0 spiro atoms. The Labute approximate surface area is 168 Å². The topological polar surface area (TPSA) is 155 Å². The van der Waals surface area contributed by atoms with Gasteiger partial charge in [-0.2, -0.15) is 0 Å². The third-order valence-electron chi connectivity index (χ3n) is 4.01. The van der Waals surface area contributed by atoms with Gasteiger partial charge in [0.25, 0.3) is 0 Å². The van der Waals surface area contributed by atoms with Crippen LogP contribution in [0.2, 0.25) is 0 Å². The van der Waals surface area contributed by atoms with Gasteiger partial charge in [-0.25, -0.2) is 9.18 Å². The van der Waals surface area contributed by atoms with Gasteiger partial charge < -0.3 is 15.4 Å². The molecule has 0 unspecified atom stereocenters. The monoisotopic (exact) mass is 420 g/mol. The molecule has 11 nitrogen and oxygen atoms in total. The second-order valence-corrected chi connectivity index (χ2v) is 6.03. The Balaban J connectivity index is 2.44. The standard InChI is InChI=1S/C18H17FN4O7/c1-30-18(27)11-8-14(23(28)29)17(26)21(9-11)10-16(25)22(7-6-15(20)24)13-4-2-12(19)3-5-13/h2-5,8-9H,6-7,10H2,1H3,(H2,20,24). The third kappa shape index (κ3) is 5.25. The van der Waals surface area contributed by atoms with Gasteiger partial charge in [-0.1, -0.05) is 0 Å². The van der Waals surface area contributed by atoms with E-state index in [1.807, 2.05) is 0 Å². The predicted molar refractivity (Wildman–Crippen MR) is 101 cm³/mol. The molecule has 0 fully saturated rings. The second kappa shape index (κ2) is 9.41. The number of amides is 2. The van der Waals surface area contributed by atoms with Crippen LogP contribution in [0.4, 0.5) is 15.8 Å². The number of aromatic nitrogens is 1. The van der Waals surface area contributed by atoms with Crippen LogP contribution in [0.3, 0.4) is 0 Å². The lowest BCUT2D eigenvalue weighted by molar-refractivity contribution is -0.386. The molecule has 0 saturated heterocycles. The number of carbonyl (C=O) groups is 3. The zero-order valence-electron chi connectivity index (χ0n) is 15.7. The Kier molecular flexibility index (Phi) is 6.96. The summed E-state index contributed by atoms with van der Waals surface area (Å²) in [6.07, 6.45) is 0.732. The zero-order valence-corrected chi connectivity index (χ0v) is 15.7. The van der Waals surface area contributed by atoms with Gasteiger partial charge in [-0.3, -0.25) is 29.1 Å². The maximum Gasteiger partial charge on any atom is 0.339 e. The molecule has 1 heterocycles. The number of hydrogen-bond donors (Lipinski definition) is 1. The molecule has 0 bridgehead atoms. The van der Waals surface area contributed by atoms with Crippen LogP contribution in [0.5, 0.6) is 0 Å². The van der Waals surface area contributed by atoms with Gasteiger partial charge in [0.2, 0.25) is 11.8 Å². The van der Waals surface area contributed by atoms with E-state index in [0.717, 1.165) is 36.4 Å². The largest absolute Gasteiger partial charge is 0.465 e. The molecule has 2 aromatic rings. The molecular weight excluding hydrogens is 403 g/mol. The predicted octanol–water partition coefficient (Wildman–Crippen LogP) is 0.591. The summed E-state index contributed by atoms with van der Waals surface area (Å²) in [5, 5.41) is 11.1. The number of pyridine rings is 1.